The Morgan fingerprint density at radius 2 is 2.24 bits per heavy atom. The van der Waals surface area contributed by atoms with Gasteiger partial charge in [-0.25, -0.2) is 9.78 Å². The Morgan fingerprint density at radius 1 is 1.48 bits per heavy atom. The molecule has 0 saturated heterocycles. The van der Waals surface area contributed by atoms with E-state index in [1.807, 2.05) is 26.2 Å². The topological polar surface area (TPSA) is 56.2 Å². The molecule has 1 atom stereocenters. The lowest BCUT2D eigenvalue weighted by atomic mass is 9.92. The van der Waals surface area contributed by atoms with Gasteiger partial charge < -0.3 is 14.6 Å². The number of ether oxygens (including phenoxy) is 1. The van der Waals surface area contributed by atoms with Crippen molar-refractivity contribution in [3.63, 3.8) is 0 Å². The van der Waals surface area contributed by atoms with Crippen molar-refractivity contribution in [3.8, 4) is 0 Å². The average molecular weight is 293 g/mol. The molecule has 5 heteroatoms. The van der Waals surface area contributed by atoms with Crippen molar-refractivity contribution in [2.45, 2.75) is 58.5 Å². The minimum Gasteiger partial charge on any atom is -0.465 e. The van der Waals surface area contributed by atoms with Crippen molar-refractivity contribution >= 4 is 5.97 Å². The van der Waals surface area contributed by atoms with E-state index >= 15 is 0 Å². The van der Waals surface area contributed by atoms with E-state index in [1.165, 1.54) is 0 Å². The number of nitrogens with zero attached hydrogens (tertiary/aromatic N) is 2. The zero-order valence-electron chi connectivity index (χ0n) is 13.4. The number of nitrogens with one attached hydrogen (secondary N) is 1. The van der Waals surface area contributed by atoms with Crippen LogP contribution in [-0.4, -0.2) is 34.2 Å². The number of esters is 1. The molecule has 1 aromatic rings. The molecule has 2 rings (SSSR count). The number of hydrogen-bond donors (Lipinski definition) is 1. The van der Waals surface area contributed by atoms with Gasteiger partial charge in [-0.3, -0.25) is 0 Å². The SMILES string of the molecule is CCCc1nccn1CC(NCC)(C(=O)OCC)C1CC1. The standard InChI is InChI=1S/C16H27N3O2/c1-4-7-14-17-10-11-19(14)12-16(18-5-2,13-8-9-13)15(20)21-6-3/h10-11,13,18H,4-9,12H2,1-3H3. The number of carbonyl (C=O) groups excluding carboxylic acids is 1. The van der Waals surface area contributed by atoms with Gasteiger partial charge in [0.1, 0.15) is 11.4 Å². The molecule has 0 bridgehead atoms. The van der Waals surface area contributed by atoms with E-state index < -0.39 is 5.54 Å². The van der Waals surface area contributed by atoms with Crippen LogP contribution in [0.1, 0.15) is 45.9 Å². The quantitative estimate of drug-likeness (QED) is 0.709. The number of likely N-dealkylation sites (N-methyl/N-ethyl adjacent to an activating group) is 1. The summed E-state index contributed by atoms with van der Waals surface area (Å²) in [5.41, 5.74) is -0.603. The smallest absolute Gasteiger partial charge is 0.328 e. The number of carbonyl (C=O) groups is 1. The van der Waals surface area contributed by atoms with E-state index in [1.54, 1.807) is 0 Å². The lowest BCUT2D eigenvalue weighted by Crippen LogP contribution is -2.57. The molecule has 0 radical (unpaired) electrons. The molecule has 5 nitrogen and oxygen atoms in total. The third kappa shape index (κ3) is 3.46. The van der Waals surface area contributed by atoms with Gasteiger partial charge in [0.25, 0.3) is 0 Å². The number of imidazole rings is 1. The van der Waals surface area contributed by atoms with Gasteiger partial charge >= 0.3 is 5.97 Å². The van der Waals surface area contributed by atoms with E-state index in [0.29, 0.717) is 19.1 Å². The van der Waals surface area contributed by atoms with E-state index in [2.05, 4.69) is 21.8 Å². The highest BCUT2D eigenvalue weighted by Gasteiger charge is 2.52. The molecule has 1 fully saturated rings. The summed E-state index contributed by atoms with van der Waals surface area (Å²) in [7, 11) is 0. The molecule has 1 aromatic heterocycles. The summed E-state index contributed by atoms with van der Waals surface area (Å²) in [5.74, 6) is 1.30. The highest BCUT2D eigenvalue weighted by Crippen LogP contribution is 2.41. The summed E-state index contributed by atoms with van der Waals surface area (Å²) in [6.45, 7) is 7.83. The van der Waals surface area contributed by atoms with Gasteiger partial charge in [0.15, 0.2) is 0 Å². The second-order valence-electron chi connectivity index (χ2n) is 5.72. The fourth-order valence-corrected chi connectivity index (χ4v) is 2.99. The third-order valence-electron chi connectivity index (χ3n) is 4.10. The first kappa shape index (κ1) is 16.0. The summed E-state index contributed by atoms with van der Waals surface area (Å²) in [4.78, 5) is 17.0. The van der Waals surface area contributed by atoms with Gasteiger partial charge in [0, 0.05) is 18.8 Å². The normalized spacial score (nSPS) is 17.5. The van der Waals surface area contributed by atoms with Crippen molar-refractivity contribution < 1.29 is 9.53 Å². The van der Waals surface area contributed by atoms with Crippen LogP contribution in [0.2, 0.25) is 0 Å². The largest absolute Gasteiger partial charge is 0.465 e. The van der Waals surface area contributed by atoms with Crippen LogP contribution in [-0.2, 0) is 22.5 Å². The van der Waals surface area contributed by atoms with E-state index in [4.69, 9.17) is 4.74 Å². The zero-order valence-corrected chi connectivity index (χ0v) is 13.4. The minimum absolute atomic E-state index is 0.120. The fourth-order valence-electron chi connectivity index (χ4n) is 2.99. The number of aromatic nitrogens is 2. The third-order valence-corrected chi connectivity index (χ3v) is 4.10. The molecule has 1 unspecified atom stereocenters. The van der Waals surface area contributed by atoms with E-state index in [-0.39, 0.29) is 5.97 Å². The highest BCUT2D eigenvalue weighted by molar-refractivity contribution is 5.81. The van der Waals surface area contributed by atoms with E-state index in [0.717, 1.165) is 38.1 Å². The summed E-state index contributed by atoms with van der Waals surface area (Å²) in [5, 5.41) is 3.43. The lowest BCUT2D eigenvalue weighted by molar-refractivity contribution is -0.153. The van der Waals surface area contributed by atoms with Gasteiger partial charge in [-0.15, -0.1) is 0 Å². The summed E-state index contributed by atoms with van der Waals surface area (Å²) < 4.78 is 7.49. The molecule has 1 N–H and O–H groups in total. The highest BCUT2D eigenvalue weighted by atomic mass is 16.5. The number of aryl methyl sites for hydroxylation is 1. The van der Waals surface area contributed by atoms with Crippen LogP contribution in [0.3, 0.4) is 0 Å². The van der Waals surface area contributed by atoms with Crippen molar-refractivity contribution in [2.75, 3.05) is 13.2 Å². The molecule has 21 heavy (non-hydrogen) atoms. The lowest BCUT2D eigenvalue weighted by Gasteiger charge is -2.33. The van der Waals surface area contributed by atoms with Crippen LogP contribution in [0, 0.1) is 5.92 Å². The summed E-state index contributed by atoms with van der Waals surface area (Å²) in [6, 6.07) is 0. The molecular formula is C16H27N3O2. The molecule has 1 aliphatic carbocycles. The van der Waals surface area contributed by atoms with Crippen LogP contribution < -0.4 is 5.32 Å². The Kier molecular flexibility index (Phi) is 5.39. The van der Waals surface area contributed by atoms with Gasteiger partial charge in [-0.05, 0) is 38.6 Å². The maximum absolute atomic E-state index is 12.6. The first-order valence-corrected chi connectivity index (χ1v) is 8.10. The second-order valence-corrected chi connectivity index (χ2v) is 5.72. The zero-order chi connectivity index (χ0) is 15.3. The van der Waals surface area contributed by atoms with Crippen LogP contribution in [0.4, 0.5) is 0 Å². The monoisotopic (exact) mass is 293 g/mol. The Hall–Kier alpha value is -1.36. The van der Waals surface area contributed by atoms with Crippen molar-refractivity contribution in [2.24, 2.45) is 5.92 Å². The van der Waals surface area contributed by atoms with Crippen molar-refractivity contribution in [3.05, 3.63) is 18.2 Å². The molecule has 0 aromatic carbocycles. The second kappa shape index (κ2) is 7.07. The van der Waals surface area contributed by atoms with Crippen molar-refractivity contribution in [1.29, 1.82) is 0 Å². The Bertz CT molecular complexity index is 468. The maximum Gasteiger partial charge on any atom is 0.328 e. The van der Waals surface area contributed by atoms with Crippen LogP contribution in [0.25, 0.3) is 0 Å². The first-order chi connectivity index (χ1) is 10.2. The Morgan fingerprint density at radius 3 is 2.81 bits per heavy atom. The number of rotatable bonds is 9. The van der Waals surface area contributed by atoms with Crippen LogP contribution in [0.15, 0.2) is 12.4 Å². The van der Waals surface area contributed by atoms with Gasteiger partial charge in [0.05, 0.1) is 13.2 Å². The molecule has 118 valence electrons. The van der Waals surface area contributed by atoms with Gasteiger partial charge in [0.2, 0.25) is 0 Å². The molecule has 0 amide bonds. The Balaban J connectivity index is 2.26. The summed E-state index contributed by atoms with van der Waals surface area (Å²) >= 11 is 0. The van der Waals surface area contributed by atoms with Crippen molar-refractivity contribution in [1.82, 2.24) is 14.9 Å². The van der Waals surface area contributed by atoms with Crippen LogP contribution >= 0.6 is 0 Å². The predicted octanol–water partition coefficient (Wildman–Crippen LogP) is 2.16. The van der Waals surface area contributed by atoms with E-state index in [9.17, 15) is 4.79 Å². The molecule has 0 aliphatic heterocycles. The number of hydrogen-bond acceptors (Lipinski definition) is 4. The first-order valence-electron chi connectivity index (χ1n) is 8.10. The molecular weight excluding hydrogens is 266 g/mol. The Labute approximate surface area is 127 Å². The maximum atomic E-state index is 12.6. The molecule has 1 saturated carbocycles. The van der Waals surface area contributed by atoms with Gasteiger partial charge in [-0.1, -0.05) is 13.8 Å². The molecule has 1 heterocycles. The predicted molar refractivity (Wildman–Crippen MR) is 82.0 cm³/mol. The average Bonchev–Trinajstić information content (AvgIpc) is 3.23. The molecule has 1 aliphatic rings. The minimum atomic E-state index is -0.603. The van der Waals surface area contributed by atoms with Crippen LogP contribution in [0.5, 0.6) is 0 Å². The fraction of sp³-hybridized carbons (Fsp3) is 0.750. The van der Waals surface area contributed by atoms with Gasteiger partial charge in [-0.2, -0.15) is 0 Å². The summed E-state index contributed by atoms with van der Waals surface area (Å²) in [6.07, 6.45) is 7.95. The molecule has 0 spiro atoms.